The van der Waals surface area contributed by atoms with Gasteiger partial charge in [-0.3, -0.25) is 0 Å². The quantitative estimate of drug-likeness (QED) is 0.0545. The van der Waals surface area contributed by atoms with Crippen molar-refractivity contribution >= 4 is 92.4 Å². The topological polar surface area (TPSA) is 46.2 Å². The van der Waals surface area contributed by atoms with Crippen molar-refractivity contribution in [2.45, 2.75) is 37.8 Å². The molecular formula is C60H58O5Si6. The SMILES string of the molecule is C#CC[Si](O[Si](C)(C)O[Si](C)(O[Si](CC#C)(c1ccccc1)c1ccccc1)O[Si](O[Si](CC#C)(c1ccccc1)c1ccccc1)(c1ccccc1)c1ccccc1)(c1ccccc1)c1ccccc1. The van der Waals surface area contributed by atoms with Gasteiger partial charge >= 0.3 is 25.9 Å². The molecule has 0 aliphatic heterocycles. The van der Waals surface area contributed by atoms with E-state index in [4.69, 9.17) is 39.8 Å². The molecule has 5 nitrogen and oxygen atoms in total. The highest BCUT2D eigenvalue weighted by Crippen LogP contribution is 2.32. The minimum atomic E-state index is -4.29. The lowest BCUT2D eigenvalue weighted by Crippen LogP contribution is -2.79. The lowest BCUT2D eigenvalue weighted by atomic mass is 10.4. The fraction of sp³-hybridized carbons (Fsp3) is 0.100. The Bertz CT molecular complexity index is 2900. The van der Waals surface area contributed by atoms with Gasteiger partial charge in [0.2, 0.25) is 0 Å². The summed E-state index contributed by atoms with van der Waals surface area (Å²) in [5.74, 6) is 9.25. The first kappa shape index (κ1) is 50.9. The largest absolute Gasteiger partial charge is 0.470 e. The fourth-order valence-corrected chi connectivity index (χ4v) is 40.6. The van der Waals surface area contributed by atoms with Gasteiger partial charge in [0.15, 0.2) is 0 Å². The highest BCUT2D eigenvalue weighted by Gasteiger charge is 2.61. The first-order valence-electron chi connectivity index (χ1n) is 23.8. The zero-order chi connectivity index (χ0) is 49.7. The molecule has 0 aliphatic rings. The van der Waals surface area contributed by atoms with Gasteiger partial charge < -0.3 is 20.6 Å². The lowest BCUT2D eigenvalue weighted by molar-refractivity contribution is 0.223. The second-order valence-corrected chi connectivity index (χ2v) is 38.4. The minimum absolute atomic E-state index is 0.291. The second kappa shape index (κ2) is 22.7. The molecular weight excluding hydrogens is 969 g/mol. The minimum Gasteiger partial charge on any atom is -0.428 e. The molecule has 0 saturated heterocycles. The van der Waals surface area contributed by atoms with Gasteiger partial charge in [-0.2, -0.15) is 0 Å². The molecule has 0 aromatic heterocycles. The first-order valence-corrected chi connectivity index (χ1v) is 37.0. The Hall–Kier alpha value is -6.46. The average molecular weight is 1030 g/mol. The maximum Gasteiger partial charge on any atom is 0.470 e. The molecule has 0 heterocycles. The third-order valence-corrected chi connectivity index (χ3v) is 39.4. The zero-order valence-corrected chi connectivity index (χ0v) is 46.5. The summed E-state index contributed by atoms with van der Waals surface area (Å²) in [5.41, 5.74) is 0. The van der Waals surface area contributed by atoms with Crippen LogP contribution in [0.1, 0.15) is 0 Å². The molecule has 0 aliphatic carbocycles. The molecule has 0 radical (unpaired) electrons. The molecule has 0 spiro atoms. The monoisotopic (exact) mass is 1030 g/mol. The molecule has 8 aromatic rings. The number of hydrogen-bond donors (Lipinski definition) is 0. The molecule has 352 valence electrons. The van der Waals surface area contributed by atoms with Crippen molar-refractivity contribution in [3.05, 3.63) is 243 Å². The Kier molecular flexibility index (Phi) is 16.3. The van der Waals surface area contributed by atoms with Crippen LogP contribution in [0, 0.1) is 37.0 Å². The lowest BCUT2D eigenvalue weighted by Gasteiger charge is -2.49. The van der Waals surface area contributed by atoms with E-state index in [-0.39, 0.29) is 0 Å². The number of hydrogen-bond acceptors (Lipinski definition) is 5. The molecule has 0 saturated carbocycles. The predicted molar refractivity (Wildman–Crippen MR) is 307 cm³/mol. The molecule has 0 amide bonds. The Morgan fingerprint density at radius 3 is 0.761 bits per heavy atom. The second-order valence-electron chi connectivity index (χ2n) is 17.9. The van der Waals surface area contributed by atoms with Gasteiger partial charge in [-0.05, 0) is 54.6 Å². The van der Waals surface area contributed by atoms with E-state index in [2.05, 4.69) is 152 Å². The van der Waals surface area contributed by atoms with Crippen molar-refractivity contribution in [3.63, 3.8) is 0 Å². The van der Waals surface area contributed by atoms with Crippen molar-refractivity contribution in [3.8, 4) is 37.0 Å². The smallest absolute Gasteiger partial charge is 0.428 e. The average Bonchev–Trinajstić information content (AvgIpc) is 3.42. The maximum atomic E-state index is 8.40. The van der Waals surface area contributed by atoms with Gasteiger partial charge in [-0.15, -0.1) is 37.0 Å². The Morgan fingerprint density at radius 1 is 0.282 bits per heavy atom. The van der Waals surface area contributed by atoms with E-state index in [1.165, 1.54) is 0 Å². The summed E-state index contributed by atoms with van der Waals surface area (Å²) in [6.45, 7) is 6.20. The summed E-state index contributed by atoms with van der Waals surface area (Å²) < 4.78 is 40.8. The van der Waals surface area contributed by atoms with E-state index in [0.29, 0.717) is 18.1 Å². The third-order valence-electron chi connectivity index (χ3n) is 12.7. The molecule has 8 aromatic carbocycles. The first-order chi connectivity index (χ1) is 34.6. The molecule has 1 unspecified atom stereocenters. The van der Waals surface area contributed by atoms with E-state index in [1.54, 1.807) is 0 Å². The van der Waals surface area contributed by atoms with E-state index in [0.717, 1.165) is 41.5 Å². The summed E-state index contributed by atoms with van der Waals surface area (Å²) in [5, 5.41) is 7.81. The maximum absolute atomic E-state index is 8.40. The van der Waals surface area contributed by atoms with Crippen LogP contribution in [-0.2, 0) is 20.6 Å². The number of rotatable bonds is 21. The van der Waals surface area contributed by atoms with Crippen LogP contribution >= 0.6 is 0 Å². The Morgan fingerprint density at radius 2 is 0.507 bits per heavy atom. The molecule has 11 heteroatoms. The van der Waals surface area contributed by atoms with Crippen LogP contribution < -0.4 is 41.5 Å². The number of benzene rings is 8. The standard InChI is InChI=1S/C60H58O5Si6/c1-7-50-68(53-34-18-10-19-35-53,54-36-20-11-21-37-54)62-66(4,5)61-67(6,63-69(51-8-2,55-38-22-12-23-39-55)56-40-24-13-25-41-56)64-71(59-46-30-16-31-47-59,60-48-32-17-33-49-60)65-70(52-9-3,57-42-26-14-27-43-57)58-44-28-15-29-45-58/h1-3,10-49H,50-52H2,4-6H3. The van der Waals surface area contributed by atoms with Gasteiger partial charge in [-0.1, -0.05) is 243 Å². The Labute approximate surface area is 427 Å². The van der Waals surface area contributed by atoms with Crippen molar-refractivity contribution < 1.29 is 20.6 Å². The van der Waals surface area contributed by atoms with Crippen molar-refractivity contribution in [2.75, 3.05) is 0 Å². The fourth-order valence-electron chi connectivity index (χ4n) is 9.76. The van der Waals surface area contributed by atoms with Gasteiger partial charge in [0.25, 0.3) is 25.0 Å². The molecule has 8 rings (SSSR count). The van der Waals surface area contributed by atoms with Crippen LogP contribution in [0.2, 0.25) is 37.8 Å². The zero-order valence-electron chi connectivity index (χ0n) is 40.5. The summed E-state index contributed by atoms with van der Waals surface area (Å²) in [4.78, 5) is 0. The van der Waals surface area contributed by atoms with Crippen molar-refractivity contribution in [1.29, 1.82) is 0 Å². The normalized spacial score (nSPS) is 13.0. The van der Waals surface area contributed by atoms with Crippen LogP contribution in [0.25, 0.3) is 0 Å². The summed E-state index contributed by atoms with van der Waals surface area (Å²) in [6.07, 6.45) is 19.4. The van der Waals surface area contributed by atoms with Crippen LogP contribution in [0.4, 0.5) is 0 Å². The highest BCUT2D eigenvalue weighted by atomic mass is 28.5. The van der Waals surface area contributed by atoms with E-state index < -0.39 is 50.9 Å². The highest BCUT2D eigenvalue weighted by molar-refractivity contribution is 7.10. The van der Waals surface area contributed by atoms with Crippen LogP contribution in [0.15, 0.2) is 243 Å². The third kappa shape index (κ3) is 11.1. The van der Waals surface area contributed by atoms with E-state index >= 15 is 0 Å². The van der Waals surface area contributed by atoms with Gasteiger partial charge in [-0.25, -0.2) is 0 Å². The summed E-state index contributed by atoms with van der Waals surface area (Å²) in [7, 11) is -22.2. The number of terminal acetylenes is 3. The van der Waals surface area contributed by atoms with Crippen LogP contribution in [0.3, 0.4) is 0 Å². The predicted octanol–water partition coefficient (Wildman–Crippen LogP) is 7.78. The van der Waals surface area contributed by atoms with Crippen molar-refractivity contribution in [1.82, 2.24) is 0 Å². The van der Waals surface area contributed by atoms with Gasteiger partial charge in [0, 0.05) is 24.7 Å². The summed E-state index contributed by atoms with van der Waals surface area (Å²) >= 11 is 0. The molecule has 0 fully saturated rings. The van der Waals surface area contributed by atoms with Gasteiger partial charge in [0.05, 0.1) is 0 Å². The van der Waals surface area contributed by atoms with E-state index in [1.807, 2.05) is 128 Å². The molecule has 0 N–H and O–H groups in total. The van der Waals surface area contributed by atoms with Crippen LogP contribution in [0.5, 0.6) is 0 Å². The van der Waals surface area contributed by atoms with Crippen molar-refractivity contribution in [2.24, 2.45) is 0 Å². The Balaban J connectivity index is 1.43. The molecule has 1 atom stereocenters. The van der Waals surface area contributed by atoms with E-state index in [9.17, 15) is 0 Å². The van der Waals surface area contributed by atoms with Gasteiger partial charge in [0.1, 0.15) is 0 Å². The van der Waals surface area contributed by atoms with Crippen LogP contribution in [-0.4, -0.2) is 50.9 Å². The molecule has 0 bridgehead atoms. The summed E-state index contributed by atoms with van der Waals surface area (Å²) in [6, 6.07) is 83.7. The molecule has 71 heavy (non-hydrogen) atoms.